The van der Waals surface area contributed by atoms with Gasteiger partial charge in [-0.15, -0.1) is 12.4 Å². The molecule has 8 heteroatoms. The summed E-state index contributed by atoms with van der Waals surface area (Å²) in [5.74, 6) is 0.901. The number of hydrogen-bond acceptors (Lipinski definition) is 6. The first kappa shape index (κ1) is 15.7. The van der Waals surface area contributed by atoms with Crippen LogP contribution in [-0.2, 0) is 11.3 Å². The van der Waals surface area contributed by atoms with Gasteiger partial charge in [0.15, 0.2) is 6.61 Å². The fourth-order valence-electron chi connectivity index (χ4n) is 1.89. The van der Waals surface area contributed by atoms with E-state index in [2.05, 4.69) is 15.5 Å². The minimum Gasteiger partial charge on any atom is -0.485 e. The van der Waals surface area contributed by atoms with Crippen molar-refractivity contribution in [3.63, 3.8) is 0 Å². The van der Waals surface area contributed by atoms with Crippen molar-refractivity contribution in [3.05, 3.63) is 41.8 Å². The number of rotatable bonds is 4. The average molecular weight is 316 g/mol. The molecule has 3 rings (SSSR count). The molecular formula is C13H15ClFN3O3. The zero-order valence-corrected chi connectivity index (χ0v) is 11.9. The summed E-state index contributed by atoms with van der Waals surface area (Å²) in [6, 6.07) is 5.90. The van der Waals surface area contributed by atoms with Crippen molar-refractivity contribution in [1.29, 1.82) is 0 Å². The van der Waals surface area contributed by atoms with Gasteiger partial charge < -0.3 is 19.3 Å². The summed E-state index contributed by atoms with van der Waals surface area (Å²) in [6.45, 7) is 2.20. The van der Waals surface area contributed by atoms with E-state index in [1.165, 1.54) is 12.1 Å². The first-order valence-corrected chi connectivity index (χ1v) is 6.34. The molecule has 114 valence electrons. The zero-order valence-electron chi connectivity index (χ0n) is 11.1. The van der Waals surface area contributed by atoms with E-state index in [0.29, 0.717) is 30.6 Å². The van der Waals surface area contributed by atoms with E-state index in [1.54, 1.807) is 12.1 Å². The molecule has 0 radical (unpaired) electrons. The highest BCUT2D eigenvalue weighted by Gasteiger charge is 2.22. The Morgan fingerprint density at radius 2 is 2.33 bits per heavy atom. The molecule has 1 aromatic heterocycles. The molecule has 2 aromatic rings. The molecule has 1 atom stereocenters. The van der Waals surface area contributed by atoms with Gasteiger partial charge in [-0.05, 0) is 12.1 Å². The van der Waals surface area contributed by atoms with Crippen LogP contribution in [0.1, 0.15) is 17.8 Å². The molecule has 2 heterocycles. The summed E-state index contributed by atoms with van der Waals surface area (Å²) in [4.78, 5) is 4.21. The molecule has 1 N–H and O–H groups in total. The molecule has 0 amide bonds. The standard InChI is InChI=1S/C13H14FN3O3.ClH/c14-9-2-1-3-10(6-9)19-8-12-16-13(20-17-12)11-7-15-4-5-18-11;/h1-3,6,11,15H,4-5,7-8H2;1H/t11-;/m1./s1. The van der Waals surface area contributed by atoms with Gasteiger partial charge in [0, 0.05) is 19.2 Å². The third-order valence-corrected chi connectivity index (χ3v) is 2.85. The van der Waals surface area contributed by atoms with Crippen molar-refractivity contribution >= 4 is 12.4 Å². The summed E-state index contributed by atoms with van der Waals surface area (Å²) >= 11 is 0. The fourth-order valence-corrected chi connectivity index (χ4v) is 1.89. The van der Waals surface area contributed by atoms with Crippen molar-refractivity contribution in [2.24, 2.45) is 0 Å². The number of ether oxygens (including phenoxy) is 2. The largest absolute Gasteiger partial charge is 0.485 e. The van der Waals surface area contributed by atoms with Gasteiger partial charge in [-0.25, -0.2) is 4.39 Å². The van der Waals surface area contributed by atoms with Crippen molar-refractivity contribution in [1.82, 2.24) is 15.5 Å². The maximum atomic E-state index is 13.0. The van der Waals surface area contributed by atoms with E-state index in [0.717, 1.165) is 6.54 Å². The Morgan fingerprint density at radius 1 is 1.43 bits per heavy atom. The number of nitrogens with zero attached hydrogens (tertiary/aromatic N) is 2. The molecule has 0 unspecified atom stereocenters. The van der Waals surface area contributed by atoms with Gasteiger partial charge in [-0.2, -0.15) is 4.98 Å². The van der Waals surface area contributed by atoms with Gasteiger partial charge >= 0.3 is 0 Å². The quantitative estimate of drug-likeness (QED) is 0.929. The van der Waals surface area contributed by atoms with Crippen LogP contribution >= 0.6 is 12.4 Å². The van der Waals surface area contributed by atoms with Crippen molar-refractivity contribution in [3.8, 4) is 5.75 Å². The van der Waals surface area contributed by atoms with E-state index >= 15 is 0 Å². The van der Waals surface area contributed by atoms with Gasteiger partial charge in [0.2, 0.25) is 5.82 Å². The minimum atomic E-state index is -0.349. The molecule has 6 nitrogen and oxygen atoms in total. The van der Waals surface area contributed by atoms with E-state index < -0.39 is 0 Å². The Hall–Kier alpha value is -1.70. The number of halogens is 2. The molecule has 1 fully saturated rings. The molecule has 0 saturated carbocycles. The average Bonchev–Trinajstić information content (AvgIpc) is 2.95. The van der Waals surface area contributed by atoms with Crippen molar-refractivity contribution in [2.75, 3.05) is 19.7 Å². The second-order valence-corrected chi connectivity index (χ2v) is 4.36. The number of benzene rings is 1. The van der Waals surface area contributed by atoms with Gasteiger partial charge in [-0.3, -0.25) is 0 Å². The lowest BCUT2D eigenvalue weighted by molar-refractivity contribution is 0.00755. The molecule has 1 aliphatic rings. The molecule has 1 saturated heterocycles. The predicted octanol–water partition coefficient (Wildman–Crippen LogP) is 1.87. The molecular weight excluding hydrogens is 301 g/mol. The van der Waals surface area contributed by atoms with Crippen LogP contribution in [0.4, 0.5) is 4.39 Å². The summed E-state index contributed by atoms with van der Waals surface area (Å²) < 4.78 is 29.0. The number of aromatic nitrogens is 2. The Balaban J connectivity index is 0.00000161. The second-order valence-electron chi connectivity index (χ2n) is 4.36. The van der Waals surface area contributed by atoms with Gasteiger partial charge in [0.25, 0.3) is 5.89 Å². The van der Waals surface area contributed by atoms with Gasteiger partial charge in [-0.1, -0.05) is 11.2 Å². The van der Waals surface area contributed by atoms with Crippen molar-refractivity contribution < 1.29 is 18.4 Å². The maximum Gasteiger partial charge on any atom is 0.257 e. The molecule has 1 aromatic carbocycles. The number of nitrogens with one attached hydrogen (secondary N) is 1. The lowest BCUT2D eigenvalue weighted by Crippen LogP contribution is -2.33. The molecule has 1 aliphatic heterocycles. The van der Waals surface area contributed by atoms with Crippen LogP contribution in [0.3, 0.4) is 0 Å². The molecule has 21 heavy (non-hydrogen) atoms. The fraction of sp³-hybridized carbons (Fsp3) is 0.385. The summed E-state index contributed by atoms with van der Waals surface area (Å²) in [5.41, 5.74) is 0. The van der Waals surface area contributed by atoms with Crippen LogP contribution in [0, 0.1) is 5.82 Å². The van der Waals surface area contributed by atoms with E-state index in [1.807, 2.05) is 0 Å². The van der Waals surface area contributed by atoms with Crippen LogP contribution in [0.15, 0.2) is 28.8 Å². The Morgan fingerprint density at radius 3 is 3.10 bits per heavy atom. The number of hydrogen-bond donors (Lipinski definition) is 1. The molecule has 0 aliphatic carbocycles. The summed E-state index contributed by atoms with van der Waals surface area (Å²) in [7, 11) is 0. The predicted molar refractivity (Wildman–Crippen MR) is 73.8 cm³/mol. The second kappa shape index (κ2) is 7.35. The van der Waals surface area contributed by atoms with Crippen LogP contribution < -0.4 is 10.1 Å². The normalized spacial score (nSPS) is 18.0. The van der Waals surface area contributed by atoms with Crippen LogP contribution in [0.25, 0.3) is 0 Å². The van der Waals surface area contributed by atoms with E-state index in [9.17, 15) is 4.39 Å². The minimum absolute atomic E-state index is 0. The smallest absolute Gasteiger partial charge is 0.257 e. The van der Waals surface area contributed by atoms with Crippen molar-refractivity contribution in [2.45, 2.75) is 12.7 Å². The third-order valence-electron chi connectivity index (χ3n) is 2.85. The highest BCUT2D eigenvalue weighted by atomic mass is 35.5. The lowest BCUT2D eigenvalue weighted by atomic mass is 10.3. The monoisotopic (exact) mass is 315 g/mol. The van der Waals surface area contributed by atoms with E-state index in [-0.39, 0.29) is 30.9 Å². The zero-order chi connectivity index (χ0) is 13.8. The van der Waals surface area contributed by atoms with Crippen LogP contribution in [0.2, 0.25) is 0 Å². The Labute approximate surface area is 127 Å². The topological polar surface area (TPSA) is 69.4 Å². The Bertz CT molecular complexity index is 575. The van der Waals surface area contributed by atoms with Gasteiger partial charge in [0.1, 0.15) is 17.7 Å². The maximum absolute atomic E-state index is 13.0. The van der Waals surface area contributed by atoms with Crippen LogP contribution in [-0.4, -0.2) is 29.8 Å². The first-order chi connectivity index (χ1) is 9.81. The molecule has 0 bridgehead atoms. The van der Waals surface area contributed by atoms with Crippen LogP contribution in [0.5, 0.6) is 5.75 Å². The van der Waals surface area contributed by atoms with Gasteiger partial charge in [0.05, 0.1) is 6.61 Å². The summed E-state index contributed by atoms with van der Waals surface area (Å²) in [6.07, 6.45) is -0.223. The SMILES string of the molecule is Cl.Fc1cccc(OCc2noc([C@H]3CNCCO3)n2)c1. The highest BCUT2D eigenvalue weighted by Crippen LogP contribution is 2.17. The summed E-state index contributed by atoms with van der Waals surface area (Å²) in [5, 5.41) is 7.00. The number of morpholine rings is 1. The highest BCUT2D eigenvalue weighted by molar-refractivity contribution is 5.85. The third kappa shape index (κ3) is 4.13. The first-order valence-electron chi connectivity index (χ1n) is 6.34. The Kier molecular flexibility index (Phi) is 5.49. The molecule has 0 spiro atoms. The van der Waals surface area contributed by atoms with E-state index in [4.69, 9.17) is 14.0 Å². The lowest BCUT2D eigenvalue weighted by Gasteiger charge is -2.19.